The molecule has 1 aliphatic rings. The van der Waals surface area contributed by atoms with Gasteiger partial charge in [0.05, 0.1) is 24.8 Å². The average molecular weight is 327 g/mol. The molecule has 2 aromatic heterocycles. The number of fused-ring (bicyclic) bond motifs is 3. The molecule has 0 spiro atoms. The van der Waals surface area contributed by atoms with Crippen LogP contribution in [0.15, 0.2) is 30.5 Å². The van der Waals surface area contributed by atoms with Gasteiger partial charge in [0.2, 0.25) is 5.78 Å². The quantitative estimate of drug-likeness (QED) is 0.736. The fourth-order valence-electron chi connectivity index (χ4n) is 3.48. The first-order chi connectivity index (χ1) is 11.8. The lowest BCUT2D eigenvalue weighted by molar-refractivity contribution is 0.332. The molecule has 0 amide bonds. The van der Waals surface area contributed by atoms with Crippen LogP contribution in [0.1, 0.15) is 19.3 Å². The Labute approximate surface area is 140 Å². The summed E-state index contributed by atoms with van der Waals surface area (Å²) >= 11 is 0. The number of imidazole rings is 1. The van der Waals surface area contributed by atoms with Crippen LogP contribution in [0.3, 0.4) is 0 Å². The predicted octanol–water partition coefficient (Wildman–Crippen LogP) is 3.47. The van der Waals surface area contributed by atoms with E-state index >= 15 is 0 Å². The van der Waals surface area contributed by atoms with E-state index in [1.165, 1.54) is 0 Å². The molecular formula is C18H21FN4O. The molecule has 3 aromatic rings. The lowest BCUT2D eigenvalue weighted by Crippen LogP contribution is -2.34. The maximum absolute atomic E-state index is 12.5. The van der Waals surface area contributed by atoms with Gasteiger partial charge in [0.25, 0.3) is 0 Å². The molecule has 0 saturated carbocycles. The normalized spacial score (nSPS) is 16.2. The lowest BCUT2D eigenvalue weighted by atomic mass is 9.94. The molecule has 0 N–H and O–H groups in total. The van der Waals surface area contributed by atoms with Gasteiger partial charge in [-0.15, -0.1) is 0 Å². The summed E-state index contributed by atoms with van der Waals surface area (Å²) in [6.45, 7) is 1.66. The first-order valence-electron chi connectivity index (χ1n) is 8.42. The maximum atomic E-state index is 12.5. The number of aromatic nitrogens is 3. The topological polar surface area (TPSA) is 42.7 Å². The average Bonchev–Trinajstić information content (AvgIpc) is 2.99. The van der Waals surface area contributed by atoms with Gasteiger partial charge >= 0.3 is 0 Å². The van der Waals surface area contributed by atoms with E-state index in [9.17, 15) is 4.39 Å². The summed E-state index contributed by atoms with van der Waals surface area (Å²) in [6, 6.07) is 7.89. The van der Waals surface area contributed by atoms with E-state index in [-0.39, 0.29) is 6.67 Å². The van der Waals surface area contributed by atoms with Crippen LogP contribution in [0.25, 0.3) is 16.8 Å². The summed E-state index contributed by atoms with van der Waals surface area (Å²) in [4.78, 5) is 11.6. The third-order valence-electron chi connectivity index (χ3n) is 4.92. The van der Waals surface area contributed by atoms with Gasteiger partial charge < -0.3 is 9.64 Å². The van der Waals surface area contributed by atoms with Crippen molar-refractivity contribution < 1.29 is 9.13 Å². The molecule has 1 fully saturated rings. The largest absolute Gasteiger partial charge is 0.497 e. The van der Waals surface area contributed by atoms with Crippen LogP contribution in [0.5, 0.6) is 5.75 Å². The minimum Gasteiger partial charge on any atom is -0.497 e. The molecule has 5 nitrogen and oxygen atoms in total. The number of methoxy groups -OCH3 is 1. The van der Waals surface area contributed by atoms with Crippen molar-refractivity contribution in [1.82, 2.24) is 14.4 Å². The number of hydrogen-bond donors (Lipinski definition) is 0. The zero-order valence-corrected chi connectivity index (χ0v) is 13.8. The molecule has 24 heavy (non-hydrogen) atoms. The van der Waals surface area contributed by atoms with Gasteiger partial charge in [0.1, 0.15) is 11.6 Å². The summed E-state index contributed by atoms with van der Waals surface area (Å²) in [6.07, 6.45) is 4.77. The minimum absolute atomic E-state index is 0.209. The monoisotopic (exact) mass is 327 g/mol. The Morgan fingerprint density at radius 1 is 1.21 bits per heavy atom. The van der Waals surface area contributed by atoms with Crippen molar-refractivity contribution in [3.05, 3.63) is 30.5 Å². The van der Waals surface area contributed by atoms with Gasteiger partial charge in [0.15, 0.2) is 0 Å². The Bertz CT molecular complexity index is 855. The molecule has 0 bridgehead atoms. The van der Waals surface area contributed by atoms with Crippen LogP contribution in [-0.2, 0) is 0 Å². The number of hydrogen-bond acceptors (Lipinski definition) is 4. The Kier molecular flexibility index (Phi) is 3.96. The number of ether oxygens (including phenoxy) is 1. The molecule has 0 aliphatic carbocycles. The van der Waals surface area contributed by atoms with Gasteiger partial charge in [-0.2, -0.15) is 4.98 Å². The molecule has 1 aromatic carbocycles. The molecule has 1 aliphatic heterocycles. The highest BCUT2D eigenvalue weighted by Gasteiger charge is 2.20. The zero-order valence-electron chi connectivity index (χ0n) is 13.8. The standard InChI is InChI=1S/C18H21FN4O/c1-24-14-2-3-16-15(12-14)20-18-21-17(7-11-23(16)18)22-9-5-13(4-8-19)6-10-22/h2-3,7,11-13H,4-6,8-10H2,1H3/i19-1. The second-order valence-electron chi connectivity index (χ2n) is 6.33. The summed E-state index contributed by atoms with van der Waals surface area (Å²) < 4.78 is 19.7. The number of halogens is 1. The number of piperidine rings is 1. The van der Waals surface area contributed by atoms with Gasteiger partial charge in [-0.1, -0.05) is 0 Å². The summed E-state index contributed by atoms with van der Waals surface area (Å²) in [5.41, 5.74) is 1.90. The van der Waals surface area contributed by atoms with Crippen molar-refractivity contribution in [3.63, 3.8) is 0 Å². The highest BCUT2D eigenvalue weighted by atomic mass is 18.2. The first kappa shape index (κ1) is 15.2. The molecule has 0 radical (unpaired) electrons. The predicted molar refractivity (Wildman–Crippen MR) is 92.6 cm³/mol. The van der Waals surface area contributed by atoms with Gasteiger partial charge in [-0.25, -0.2) is 4.98 Å². The summed E-state index contributed by atoms with van der Waals surface area (Å²) in [7, 11) is 1.65. The second kappa shape index (κ2) is 6.26. The molecule has 4 rings (SSSR count). The fraction of sp³-hybridized carbons (Fsp3) is 0.444. The van der Waals surface area contributed by atoms with Crippen LogP contribution in [0.2, 0.25) is 0 Å². The Morgan fingerprint density at radius 2 is 2.04 bits per heavy atom. The Balaban J connectivity index is 1.62. The maximum Gasteiger partial charge on any atom is 0.236 e. The highest BCUT2D eigenvalue weighted by Crippen LogP contribution is 2.26. The minimum atomic E-state index is -0.209. The molecule has 126 valence electrons. The van der Waals surface area contributed by atoms with Crippen molar-refractivity contribution in [1.29, 1.82) is 0 Å². The number of anilines is 1. The molecule has 0 atom stereocenters. The van der Waals surface area contributed by atoms with Gasteiger partial charge in [-0.3, -0.25) is 8.79 Å². The number of benzene rings is 1. The van der Waals surface area contributed by atoms with Crippen molar-refractivity contribution in [2.45, 2.75) is 19.3 Å². The third kappa shape index (κ3) is 2.66. The SMILES string of the molecule is COc1ccc2c(c1)nc1nc(N3CCC(CC[18F])CC3)ccn12. The molecule has 1 saturated heterocycles. The van der Waals surface area contributed by atoms with Gasteiger partial charge in [0, 0.05) is 25.4 Å². The third-order valence-corrected chi connectivity index (χ3v) is 4.92. The summed E-state index contributed by atoms with van der Waals surface area (Å²) in [5.74, 6) is 2.95. The number of alkyl halides is 1. The van der Waals surface area contributed by atoms with E-state index in [2.05, 4.69) is 9.88 Å². The van der Waals surface area contributed by atoms with Crippen LogP contribution in [-0.4, -0.2) is 41.2 Å². The summed E-state index contributed by atoms with van der Waals surface area (Å²) in [5, 5.41) is 0. The van der Waals surface area contributed by atoms with Crippen LogP contribution >= 0.6 is 0 Å². The lowest BCUT2D eigenvalue weighted by Gasteiger charge is -2.32. The van der Waals surface area contributed by atoms with E-state index in [1.54, 1.807) is 7.11 Å². The van der Waals surface area contributed by atoms with Crippen molar-refractivity contribution >= 4 is 22.6 Å². The second-order valence-corrected chi connectivity index (χ2v) is 6.33. The smallest absolute Gasteiger partial charge is 0.236 e. The van der Waals surface area contributed by atoms with E-state index in [4.69, 9.17) is 9.72 Å². The van der Waals surface area contributed by atoms with Gasteiger partial charge in [-0.05, 0) is 43.4 Å². The molecule has 3 heterocycles. The molecule has 0 unspecified atom stereocenters. The van der Waals surface area contributed by atoms with Crippen molar-refractivity contribution in [3.8, 4) is 5.75 Å². The molecule has 6 heteroatoms. The van der Waals surface area contributed by atoms with Crippen LogP contribution in [0.4, 0.5) is 10.2 Å². The number of nitrogens with zero attached hydrogens (tertiary/aromatic N) is 4. The highest BCUT2D eigenvalue weighted by molar-refractivity contribution is 5.81. The molecular weight excluding hydrogens is 306 g/mol. The van der Waals surface area contributed by atoms with Crippen LogP contribution < -0.4 is 9.64 Å². The van der Waals surface area contributed by atoms with E-state index in [0.717, 1.165) is 48.5 Å². The number of rotatable bonds is 4. The first-order valence-corrected chi connectivity index (χ1v) is 8.42. The van der Waals surface area contributed by atoms with E-state index < -0.39 is 0 Å². The zero-order chi connectivity index (χ0) is 16.5. The fourth-order valence-corrected chi connectivity index (χ4v) is 3.48. The van der Waals surface area contributed by atoms with E-state index in [1.807, 2.05) is 34.9 Å². The van der Waals surface area contributed by atoms with E-state index in [0.29, 0.717) is 18.1 Å². The Hall–Kier alpha value is -2.37. The van der Waals surface area contributed by atoms with Crippen molar-refractivity contribution in [2.24, 2.45) is 5.92 Å². The van der Waals surface area contributed by atoms with Crippen molar-refractivity contribution in [2.75, 3.05) is 31.8 Å². The Morgan fingerprint density at radius 3 is 2.79 bits per heavy atom. The van der Waals surface area contributed by atoms with Crippen LogP contribution in [0, 0.1) is 5.92 Å².